The molecule has 0 spiro atoms. The lowest BCUT2D eigenvalue weighted by Gasteiger charge is -2.38. The number of ether oxygens (including phenoxy) is 1. The lowest BCUT2D eigenvalue weighted by atomic mass is 9.98. The molecule has 0 aromatic carbocycles. The van der Waals surface area contributed by atoms with Gasteiger partial charge in [-0.15, -0.1) is 0 Å². The highest BCUT2D eigenvalue weighted by Gasteiger charge is 2.29. The summed E-state index contributed by atoms with van der Waals surface area (Å²) in [5, 5.41) is 2.83. The Balaban J connectivity index is 2.55. The van der Waals surface area contributed by atoms with E-state index in [4.69, 9.17) is 10.5 Å². The molecule has 21 heavy (non-hydrogen) atoms. The molecule has 0 aromatic rings. The molecule has 1 fully saturated rings. The number of Topliss-reactive ketones (excluding diaryl/α,β-unsaturated/α-hetero) is 1. The number of hydrogen-bond donors (Lipinski definition) is 2. The first kappa shape index (κ1) is 18.1. The van der Waals surface area contributed by atoms with E-state index in [2.05, 4.69) is 10.2 Å². The van der Waals surface area contributed by atoms with Crippen LogP contribution in [0.1, 0.15) is 33.6 Å². The van der Waals surface area contributed by atoms with Crippen molar-refractivity contribution >= 4 is 11.7 Å². The number of amides is 1. The molecular formula is C15H29N3O3. The molecule has 1 heterocycles. The van der Waals surface area contributed by atoms with Crippen molar-refractivity contribution in [2.45, 2.75) is 51.8 Å². The fourth-order valence-corrected chi connectivity index (χ4v) is 2.87. The highest BCUT2D eigenvalue weighted by Crippen LogP contribution is 2.18. The quantitative estimate of drug-likeness (QED) is 0.699. The molecule has 3 N–H and O–H groups in total. The Labute approximate surface area is 127 Å². The molecule has 1 amide bonds. The molecule has 0 aromatic heterocycles. The number of carbonyl (C=O) groups is 2. The monoisotopic (exact) mass is 299 g/mol. The first-order chi connectivity index (χ1) is 9.88. The van der Waals surface area contributed by atoms with Gasteiger partial charge in [0.25, 0.3) is 0 Å². The number of likely N-dealkylation sites (tertiary alicyclic amines) is 1. The Morgan fingerprint density at radius 3 is 2.57 bits per heavy atom. The van der Waals surface area contributed by atoms with Crippen LogP contribution in [0.25, 0.3) is 0 Å². The predicted octanol–water partition coefficient (Wildman–Crippen LogP) is 0.154. The van der Waals surface area contributed by atoms with Crippen molar-refractivity contribution in [3.8, 4) is 0 Å². The molecule has 6 heteroatoms. The summed E-state index contributed by atoms with van der Waals surface area (Å²) < 4.78 is 5.38. The highest BCUT2D eigenvalue weighted by atomic mass is 16.5. The fraction of sp³-hybridized carbons (Fsp3) is 0.867. The third kappa shape index (κ3) is 5.37. The van der Waals surface area contributed by atoms with Gasteiger partial charge in [-0.25, -0.2) is 0 Å². The summed E-state index contributed by atoms with van der Waals surface area (Å²) in [7, 11) is 1.71. The van der Waals surface area contributed by atoms with Gasteiger partial charge < -0.3 is 15.8 Å². The lowest BCUT2D eigenvalue weighted by Crippen LogP contribution is -2.53. The van der Waals surface area contributed by atoms with Crippen molar-refractivity contribution in [3.05, 3.63) is 0 Å². The predicted molar refractivity (Wildman–Crippen MR) is 81.9 cm³/mol. The topological polar surface area (TPSA) is 84.7 Å². The van der Waals surface area contributed by atoms with E-state index in [-0.39, 0.29) is 36.3 Å². The second kappa shape index (κ2) is 8.46. The number of carbonyl (C=O) groups excluding carboxylic acids is 2. The molecule has 1 aliphatic heterocycles. The van der Waals surface area contributed by atoms with E-state index in [0.717, 1.165) is 19.4 Å². The Hall–Kier alpha value is -0.980. The van der Waals surface area contributed by atoms with Crippen LogP contribution in [0.3, 0.4) is 0 Å². The van der Waals surface area contributed by atoms with Crippen LogP contribution in [-0.2, 0) is 14.3 Å². The Morgan fingerprint density at radius 1 is 1.43 bits per heavy atom. The van der Waals surface area contributed by atoms with Crippen LogP contribution in [0, 0.1) is 5.92 Å². The van der Waals surface area contributed by atoms with Crippen molar-refractivity contribution in [1.29, 1.82) is 0 Å². The minimum Gasteiger partial charge on any atom is -0.381 e. The van der Waals surface area contributed by atoms with Gasteiger partial charge in [0.05, 0.1) is 18.7 Å². The van der Waals surface area contributed by atoms with Gasteiger partial charge in [-0.05, 0) is 25.7 Å². The van der Waals surface area contributed by atoms with Crippen LogP contribution >= 0.6 is 0 Å². The largest absolute Gasteiger partial charge is 0.381 e. The number of nitrogens with two attached hydrogens (primary N) is 1. The van der Waals surface area contributed by atoms with Gasteiger partial charge in [-0.1, -0.05) is 13.8 Å². The highest BCUT2D eigenvalue weighted by molar-refractivity contribution is 5.88. The van der Waals surface area contributed by atoms with Crippen molar-refractivity contribution < 1.29 is 14.3 Å². The van der Waals surface area contributed by atoms with Gasteiger partial charge in [0.15, 0.2) is 5.78 Å². The average Bonchev–Trinajstić information content (AvgIpc) is 2.44. The first-order valence-electron chi connectivity index (χ1n) is 7.65. The molecule has 6 nitrogen and oxygen atoms in total. The molecule has 0 saturated carbocycles. The normalized spacial score (nSPS) is 24.9. The van der Waals surface area contributed by atoms with E-state index < -0.39 is 6.04 Å². The van der Waals surface area contributed by atoms with E-state index in [1.54, 1.807) is 7.11 Å². The molecule has 3 atom stereocenters. The first-order valence-corrected chi connectivity index (χ1v) is 7.65. The standard InChI is InChI=1S/C15H29N3O3/c1-10(2)15(11(3)19)17-14(20)9-18-6-5-13(21-4)7-12(18)8-16/h10,12-13,15H,5-9,16H2,1-4H3,(H,17,20). The van der Waals surface area contributed by atoms with Crippen molar-refractivity contribution in [2.24, 2.45) is 11.7 Å². The van der Waals surface area contributed by atoms with E-state index in [1.165, 1.54) is 6.92 Å². The van der Waals surface area contributed by atoms with Crippen LogP contribution in [-0.4, -0.2) is 61.5 Å². The van der Waals surface area contributed by atoms with Gasteiger partial charge in [-0.3, -0.25) is 14.5 Å². The number of rotatable bonds is 7. The summed E-state index contributed by atoms with van der Waals surface area (Å²) in [5.74, 6) is -0.0268. The van der Waals surface area contributed by atoms with Crippen LogP contribution < -0.4 is 11.1 Å². The number of piperidine rings is 1. The van der Waals surface area contributed by atoms with E-state index in [9.17, 15) is 9.59 Å². The Morgan fingerprint density at radius 2 is 2.10 bits per heavy atom. The summed E-state index contributed by atoms with van der Waals surface area (Å²) in [6.45, 7) is 6.96. The van der Waals surface area contributed by atoms with Crippen molar-refractivity contribution in [1.82, 2.24) is 10.2 Å². The van der Waals surface area contributed by atoms with Crippen LogP contribution in [0.2, 0.25) is 0 Å². The van der Waals surface area contributed by atoms with Crippen LogP contribution in [0.15, 0.2) is 0 Å². The number of nitrogens with zero attached hydrogens (tertiary/aromatic N) is 1. The van der Waals surface area contributed by atoms with Crippen molar-refractivity contribution in [3.63, 3.8) is 0 Å². The molecule has 1 saturated heterocycles. The maximum Gasteiger partial charge on any atom is 0.234 e. The summed E-state index contributed by atoms with van der Waals surface area (Å²) in [6, 6.07) is -0.255. The minimum absolute atomic E-state index is 0.00758. The SMILES string of the molecule is COC1CCN(CC(=O)NC(C(C)=O)C(C)C)C(CN)C1. The molecule has 0 aliphatic carbocycles. The van der Waals surface area contributed by atoms with E-state index >= 15 is 0 Å². The molecule has 3 unspecified atom stereocenters. The van der Waals surface area contributed by atoms with Crippen LogP contribution in [0.5, 0.6) is 0 Å². The fourth-order valence-electron chi connectivity index (χ4n) is 2.87. The third-order valence-corrected chi connectivity index (χ3v) is 4.16. The number of hydrogen-bond acceptors (Lipinski definition) is 5. The molecule has 122 valence electrons. The van der Waals surface area contributed by atoms with Gasteiger partial charge in [-0.2, -0.15) is 0 Å². The lowest BCUT2D eigenvalue weighted by molar-refractivity contribution is -0.129. The zero-order chi connectivity index (χ0) is 16.0. The second-order valence-electron chi connectivity index (χ2n) is 6.14. The van der Waals surface area contributed by atoms with Crippen LogP contribution in [0.4, 0.5) is 0 Å². The molecule has 1 rings (SSSR count). The molecule has 1 aliphatic rings. The second-order valence-corrected chi connectivity index (χ2v) is 6.14. The number of ketones is 1. The zero-order valence-electron chi connectivity index (χ0n) is 13.6. The maximum atomic E-state index is 12.2. The Bertz CT molecular complexity index is 360. The molecule has 0 radical (unpaired) electrons. The van der Waals surface area contributed by atoms with Crippen molar-refractivity contribution in [2.75, 3.05) is 26.7 Å². The zero-order valence-corrected chi connectivity index (χ0v) is 13.6. The van der Waals surface area contributed by atoms with Gasteiger partial charge in [0.2, 0.25) is 5.91 Å². The van der Waals surface area contributed by atoms with E-state index in [1.807, 2.05) is 13.8 Å². The number of methoxy groups -OCH3 is 1. The Kier molecular flexibility index (Phi) is 7.28. The smallest absolute Gasteiger partial charge is 0.234 e. The van der Waals surface area contributed by atoms with Gasteiger partial charge in [0.1, 0.15) is 0 Å². The summed E-state index contributed by atoms with van der Waals surface area (Å²) in [4.78, 5) is 25.8. The average molecular weight is 299 g/mol. The molecular weight excluding hydrogens is 270 g/mol. The minimum atomic E-state index is -0.412. The summed E-state index contributed by atoms with van der Waals surface area (Å²) >= 11 is 0. The third-order valence-electron chi connectivity index (χ3n) is 4.16. The summed E-state index contributed by atoms with van der Waals surface area (Å²) in [6.07, 6.45) is 1.97. The molecule has 0 bridgehead atoms. The number of nitrogens with one attached hydrogen (secondary N) is 1. The van der Waals surface area contributed by atoms with Gasteiger partial charge >= 0.3 is 0 Å². The van der Waals surface area contributed by atoms with Gasteiger partial charge in [0, 0.05) is 26.2 Å². The van der Waals surface area contributed by atoms with E-state index in [0.29, 0.717) is 6.54 Å². The summed E-state index contributed by atoms with van der Waals surface area (Å²) in [5.41, 5.74) is 5.80. The maximum absolute atomic E-state index is 12.2.